The Labute approximate surface area is 701 Å². The van der Waals surface area contributed by atoms with Gasteiger partial charge >= 0.3 is 148 Å². The second-order valence-electron chi connectivity index (χ2n) is 13.7. The van der Waals surface area contributed by atoms with Crippen molar-refractivity contribution in [2.24, 2.45) is 11.3 Å². The SMILES string of the molecule is C#CC#CC#CC#CC#CC#CC#CC#CC#CC#CC#COCC(C)(COC#CC#CC#CC#CC#CC#CC#CC#CC#CC#CC#C)CO[C@]1(C(=O)[O-])C[C@@H](OS(=O)(=O)[O-])[C@@H](C)C([CH-][C@@H]([CH2-])OS(=O)(=O)[O-])O1.O=S(=O)([O-])O.O=S(=O)([O-])O.[HH].[HH].[HH].[HH].[HH].[HH].[HH].[HH].[HH].[HH].[HH].[HH].[HH].[HH].[HH].[HH].[HH].[HH].[HH].[HH].[HH].[HH].[HH].[HH].[HH].[HH].[HH].[HH].[HH].[HH].[HH].[HH].[HH].[HH].[HH].[HH].[HH].[HH].[HH].[HH].[HH].[HH].[HH].[HH].[Na+].[Na+].[Na+].[Na+].[Na+]. The summed E-state index contributed by atoms with van der Waals surface area (Å²) in [7, 11) is -20.7. The molecule has 0 aliphatic carbocycles. The summed E-state index contributed by atoms with van der Waals surface area (Å²) in [5, 5.41) is 12.7. The van der Waals surface area contributed by atoms with Crippen LogP contribution in [0.2, 0.25) is 0 Å². The van der Waals surface area contributed by atoms with Gasteiger partial charge in [-0.1, -0.05) is 20.0 Å². The fraction of sp³-hybridized carbons (Fsp3) is 0.203. The number of hydrogen-bond acceptors (Lipinski definition) is 20. The van der Waals surface area contributed by atoms with Crippen molar-refractivity contribution in [1.82, 2.24) is 0 Å². The average Bonchev–Trinajstić information content (AvgIpc) is 0.771. The quantitative estimate of drug-likeness (QED) is 0.0536. The zero-order chi connectivity index (χ0) is 64.4. The number of hydrogen-bond donors (Lipinski definition) is 2. The minimum absolute atomic E-state index is 0. The maximum Gasteiger partial charge on any atom is 1.00 e. The zero-order valence-corrected chi connectivity index (χ0v) is 61.0. The molecule has 1 aliphatic rings. The Morgan fingerprint density at radius 1 is 0.544 bits per heavy atom. The van der Waals surface area contributed by atoms with Crippen molar-refractivity contribution in [2.75, 3.05) is 19.8 Å². The molecule has 0 radical (unpaired) electrons. The van der Waals surface area contributed by atoms with Gasteiger partial charge in [0.2, 0.25) is 47.4 Å². The van der Waals surface area contributed by atoms with Gasteiger partial charge in [-0.25, -0.2) is 33.7 Å². The number of rotatable bonds is 14. The minimum atomic E-state index is -5.48. The number of carboxylic acids is 1. The first-order chi connectivity index (χ1) is 40.0. The Bertz CT molecular complexity index is 4390. The Morgan fingerprint density at radius 2 is 0.800 bits per heavy atom. The molecule has 0 spiro atoms. The van der Waals surface area contributed by atoms with Crippen LogP contribution >= 0.6 is 0 Å². The molecule has 0 aromatic heterocycles. The van der Waals surface area contributed by atoms with Crippen LogP contribution in [0.1, 0.15) is 83.0 Å². The van der Waals surface area contributed by atoms with Gasteiger partial charge in [0.1, 0.15) is 31.4 Å². The van der Waals surface area contributed by atoms with E-state index in [9.17, 15) is 35.8 Å². The molecule has 2 N–H and O–H groups in total. The van der Waals surface area contributed by atoms with Crippen LogP contribution in [-0.4, -0.2) is 111 Å². The molecule has 31 heteroatoms. The summed E-state index contributed by atoms with van der Waals surface area (Å²) in [5.74, 6) is 89.9. The van der Waals surface area contributed by atoms with Crippen molar-refractivity contribution >= 4 is 47.6 Å². The Morgan fingerprint density at radius 3 is 1.03 bits per heavy atom. The molecule has 512 valence electrons. The van der Waals surface area contributed by atoms with Crippen LogP contribution in [-0.2, 0) is 73.7 Å². The van der Waals surface area contributed by atoms with Crippen molar-refractivity contribution < 1.29 is 309 Å². The molecule has 0 saturated carbocycles. The molecule has 1 aliphatic heterocycles. The van der Waals surface area contributed by atoms with E-state index < -0.39 is 109 Å². The molecular formula is C59H113Na5O22S4-2. The molecule has 1 heterocycles. The van der Waals surface area contributed by atoms with Gasteiger partial charge in [-0.05, 0) is 101 Å². The molecular weight excluding hydrogens is 1300 g/mol. The molecule has 0 amide bonds. The number of ether oxygens (including phenoxy) is 4. The smallest absolute Gasteiger partial charge is 0.726 e. The number of carbonyl (C=O) groups excluding carboxylic acids is 1. The summed E-state index contributed by atoms with van der Waals surface area (Å²) in [6.07, 6.45) is 9.15. The van der Waals surface area contributed by atoms with E-state index in [0.29, 0.717) is 0 Å². The third-order valence-corrected chi connectivity index (χ3v) is 8.20. The van der Waals surface area contributed by atoms with E-state index in [4.69, 9.17) is 66.8 Å². The molecule has 1 fully saturated rings. The monoisotopic (exact) mass is 1420 g/mol. The maximum atomic E-state index is 12.7. The largest absolute Gasteiger partial charge is 1.00 e. The van der Waals surface area contributed by atoms with E-state index in [2.05, 4.69) is 264 Å². The predicted molar refractivity (Wildman–Crippen MR) is 382 cm³/mol. The van der Waals surface area contributed by atoms with Crippen LogP contribution in [0, 0.1) is 287 Å². The summed E-state index contributed by atoms with van der Waals surface area (Å²) >= 11 is 0. The van der Waals surface area contributed by atoms with Crippen molar-refractivity contribution in [3.63, 3.8) is 0 Å². The van der Waals surface area contributed by atoms with Crippen LogP contribution < -0.4 is 153 Å². The van der Waals surface area contributed by atoms with E-state index in [1.54, 1.807) is 0 Å². The summed E-state index contributed by atoms with van der Waals surface area (Å²) < 4.78 is 165. The molecule has 0 aromatic rings. The second kappa shape index (κ2) is 57.9. The van der Waals surface area contributed by atoms with Crippen molar-refractivity contribution in [2.45, 2.75) is 44.4 Å². The van der Waals surface area contributed by atoms with Gasteiger partial charge in [0.15, 0.2) is 0 Å². The topological polar surface area (TPSA) is 365 Å². The number of carboxylic acid groups (broad SMARTS) is 1. The third kappa shape index (κ3) is 67.7. The van der Waals surface area contributed by atoms with Crippen molar-refractivity contribution in [1.29, 1.82) is 0 Å². The van der Waals surface area contributed by atoms with Crippen molar-refractivity contribution in [3.05, 3.63) is 13.3 Å². The average molecular weight is 1420 g/mol. The standard InChI is InChI=1S/C59H26O14S2.5Na.2H2O4S.44H2/c1-6-8-10-12-14-16-18-20-22-24-26-28-30-32-34-36-38-40-42-44-46-68-50-58(5,51-69-47-45-43-41-39-37-35-33-31-29-27-25-23-21-19-17-15-13-11-9-7-2)52-70-59(57(60)61)49-56(73-75(65,66)67)54(4)55(71-59)48-53(3)72-74(62,63)64;;;;;;2*1-5(2,3)4;;;;;;;;;;;;;;;;;;;;;;;;;;;;;;;;;;;;;;;;;;;;/h1-2,48,53-56H,3,49-52H2,4-5H3,(H,60,61)(H,62,63,64)(H,65,66,67);;;;;;2*(H2,1,2,3,4);44*1H/q-2;5*+1;;;;;;;;;;;;;;;;;;;;;;;;;;;;;;;;;;;;;;;;;;;;;;/p-5/t53-,54+,55?,56-,59-;;;;;;;;;;;;;;;;;;;;;;;;;;;;;;;;;;;;;;;;;;;;;;;;;;;/m1.................................................../s1. The van der Waals surface area contributed by atoms with Gasteiger partial charge < -0.3 is 64.6 Å². The molecule has 1 unspecified atom stereocenters. The normalized spacial score (nSPS) is 13.3. The summed E-state index contributed by atoms with van der Waals surface area (Å²) in [6, 6.07) is 0. The van der Waals surface area contributed by atoms with Crippen molar-refractivity contribution in [3.8, 4) is 262 Å². The first-order valence-corrected chi connectivity index (χ1v) is 26.4. The summed E-state index contributed by atoms with van der Waals surface area (Å²) in [6.45, 7) is 4.57. The zero-order valence-electron chi connectivity index (χ0n) is 47.8. The predicted octanol–water partition coefficient (Wildman–Crippen LogP) is -8.25. The van der Waals surface area contributed by atoms with E-state index >= 15 is 0 Å². The van der Waals surface area contributed by atoms with E-state index in [1.165, 1.54) is 13.8 Å². The van der Waals surface area contributed by atoms with E-state index in [0.717, 1.165) is 6.42 Å². The minimum Gasteiger partial charge on any atom is -0.726 e. The maximum absolute atomic E-state index is 12.7. The first-order valence-electron chi connectivity index (χ1n) is 21.0. The van der Waals surface area contributed by atoms with Gasteiger partial charge in [0.05, 0.1) is 18.1 Å². The number of carbonyl (C=O) groups is 1. The van der Waals surface area contributed by atoms with Gasteiger partial charge in [-0.3, -0.25) is 13.3 Å². The Hall–Kier alpha value is -6.21. The first kappa shape index (κ1) is 97.4. The van der Waals surface area contributed by atoms with E-state index in [1.807, 2.05) is 0 Å². The molecule has 5 atom stereocenters. The molecule has 1 rings (SSSR count). The van der Waals surface area contributed by atoms with Crippen LogP contribution in [0.5, 0.6) is 0 Å². The third-order valence-electron chi connectivity index (χ3n) is 7.24. The number of terminal acetylenes is 2. The molecule has 0 aromatic carbocycles. The van der Waals surface area contributed by atoms with Crippen LogP contribution in [0.15, 0.2) is 0 Å². The van der Waals surface area contributed by atoms with Gasteiger partial charge in [0.25, 0.3) is 0 Å². The van der Waals surface area contributed by atoms with Gasteiger partial charge in [-0.15, -0.1) is 12.8 Å². The molecule has 22 nitrogen and oxygen atoms in total. The van der Waals surface area contributed by atoms with Crippen LogP contribution in [0.25, 0.3) is 0 Å². The Balaban J connectivity index is -0.0000000226. The summed E-state index contributed by atoms with van der Waals surface area (Å²) in [5.41, 5.74) is -1.40. The fourth-order valence-electron chi connectivity index (χ4n) is 4.30. The second-order valence-corrected chi connectivity index (χ2v) is 17.5. The van der Waals surface area contributed by atoms with Gasteiger partial charge in [-0.2, -0.15) is 6.10 Å². The fourth-order valence-corrected chi connectivity index (χ4v) is 5.21. The van der Waals surface area contributed by atoms with Crippen LogP contribution in [0.3, 0.4) is 0 Å². The Kier molecular flexibility index (Phi) is 62.7. The van der Waals surface area contributed by atoms with Gasteiger partial charge in [0, 0.05) is 211 Å². The molecule has 90 heavy (non-hydrogen) atoms. The number of aliphatic carboxylic acids is 1. The van der Waals surface area contributed by atoms with E-state index in [-0.39, 0.29) is 211 Å². The molecule has 0 bridgehead atoms. The summed E-state index contributed by atoms with van der Waals surface area (Å²) in [4.78, 5) is 12.7. The van der Waals surface area contributed by atoms with Crippen LogP contribution in [0.4, 0.5) is 0 Å². The molecule has 1 saturated heterocycles.